The van der Waals surface area contributed by atoms with Gasteiger partial charge in [0.2, 0.25) is 0 Å². The molecule has 1 rings (SSSR count). The van der Waals surface area contributed by atoms with Crippen LogP contribution in [0.2, 0.25) is 0 Å². The Morgan fingerprint density at radius 2 is 1.40 bits per heavy atom. The molecule has 0 unspecified atom stereocenters. The minimum Gasteiger partial charge on any atom is -0.465 e. The van der Waals surface area contributed by atoms with Crippen LogP contribution in [0.5, 0.6) is 0 Å². The summed E-state index contributed by atoms with van der Waals surface area (Å²) in [6, 6.07) is 0. The van der Waals surface area contributed by atoms with E-state index in [0.717, 1.165) is 0 Å². The molecule has 0 aromatic heterocycles. The summed E-state index contributed by atoms with van der Waals surface area (Å²) >= 11 is 0. The molecular formula is C11H18O4. The smallest absolute Gasteiger partial charge is 0.324 e. The molecular weight excluding hydrogens is 196 g/mol. The van der Waals surface area contributed by atoms with E-state index in [9.17, 15) is 9.59 Å². The SMILES string of the molecule is CCOC(=O)C1(C(=O)OCC)CC1(C)C. The summed E-state index contributed by atoms with van der Waals surface area (Å²) in [4.78, 5) is 23.5. The fourth-order valence-electron chi connectivity index (χ4n) is 1.91. The maximum absolute atomic E-state index is 11.7. The summed E-state index contributed by atoms with van der Waals surface area (Å²) in [6.07, 6.45) is 0.512. The molecule has 1 aliphatic rings. The molecule has 4 heteroatoms. The molecule has 0 aliphatic heterocycles. The number of esters is 2. The Kier molecular flexibility index (Phi) is 3.07. The molecule has 1 aliphatic carbocycles. The zero-order valence-electron chi connectivity index (χ0n) is 9.75. The highest BCUT2D eigenvalue weighted by atomic mass is 16.6. The summed E-state index contributed by atoms with van der Waals surface area (Å²) in [7, 11) is 0. The molecule has 1 fully saturated rings. The molecule has 0 saturated heterocycles. The van der Waals surface area contributed by atoms with Crippen LogP contribution in [0.4, 0.5) is 0 Å². The van der Waals surface area contributed by atoms with Crippen LogP contribution in [0.1, 0.15) is 34.1 Å². The second-order valence-electron chi connectivity index (χ2n) is 4.41. The Balaban J connectivity index is 2.83. The van der Waals surface area contributed by atoms with E-state index in [4.69, 9.17) is 9.47 Å². The summed E-state index contributed by atoms with van der Waals surface area (Å²) in [5.74, 6) is -0.901. The van der Waals surface area contributed by atoms with Crippen molar-refractivity contribution >= 4 is 11.9 Å². The van der Waals surface area contributed by atoms with Crippen molar-refractivity contribution in [3.8, 4) is 0 Å². The van der Waals surface area contributed by atoms with Crippen molar-refractivity contribution < 1.29 is 19.1 Å². The summed E-state index contributed by atoms with van der Waals surface area (Å²) in [5, 5.41) is 0. The van der Waals surface area contributed by atoms with E-state index in [0.29, 0.717) is 6.42 Å². The lowest BCUT2D eigenvalue weighted by Gasteiger charge is -2.16. The fraction of sp³-hybridized carbons (Fsp3) is 0.818. The monoisotopic (exact) mass is 214 g/mol. The number of hydrogen-bond donors (Lipinski definition) is 0. The quantitative estimate of drug-likeness (QED) is 0.526. The maximum atomic E-state index is 11.7. The predicted molar refractivity (Wildman–Crippen MR) is 54.1 cm³/mol. The lowest BCUT2D eigenvalue weighted by Crippen LogP contribution is -2.33. The molecule has 1 saturated carbocycles. The molecule has 0 amide bonds. The third kappa shape index (κ3) is 1.73. The van der Waals surface area contributed by atoms with E-state index < -0.39 is 17.4 Å². The summed E-state index contributed by atoms with van der Waals surface area (Å²) in [5.41, 5.74) is -1.40. The van der Waals surface area contributed by atoms with Crippen LogP contribution in [0.15, 0.2) is 0 Å². The van der Waals surface area contributed by atoms with Crippen molar-refractivity contribution in [2.75, 3.05) is 13.2 Å². The zero-order valence-corrected chi connectivity index (χ0v) is 9.75. The van der Waals surface area contributed by atoms with Gasteiger partial charge in [0.05, 0.1) is 13.2 Å². The van der Waals surface area contributed by atoms with E-state index >= 15 is 0 Å². The Morgan fingerprint density at radius 3 is 1.60 bits per heavy atom. The van der Waals surface area contributed by atoms with Gasteiger partial charge in [0.15, 0.2) is 5.41 Å². The van der Waals surface area contributed by atoms with Gasteiger partial charge < -0.3 is 9.47 Å². The standard InChI is InChI=1S/C11H18O4/c1-5-14-8(12)11(7-10(11,3)4)9(13)15-6-2/h5-7H2,1-4H3. The number of carbonyl (C=O) groups excluding carboxylic acids is 2. The average molecular weight is 214 g/mol. The normalized spacial score (nSPS) is 20.5. The maximum Gasteiger partial charge on any atom is 0.324 e. The van der Waals surface area contributed by atoms with Gasteiger partial charge in [-0.25, -0.2) is 0 Å². The highest BCUT2D eigenvalue weighted by Gasteiger charge is 2.73. The number of carbonyl (C=O) groups is 2. The number of rotatable bonds is 4. The third-order valence-electron chi connectivity index (χ3n) is 2.99. The molecule has 15 heavy (non-hydrogen) atoms. The van der Waals surface area contributed by atoms with Gasteiger partial charge in [-0.15, -0.1) is 0 Å². The largest absolute Gasteiger partial charge is 0.465 e. The van der Waals surface area contributed by atoms with Crippen LogP contribution in [0, 0.1) is 10.8 Å². The number of ether oxygens (including phenoxy) is 2. The second kappa shape index (κ2) is 3.83. The first-order chi connectivity index (χ1) is 6.92. The third-order valence-corrected chi connectivity index (χ3v) is 2.99. The molecule has 0 radical (unpaired) electrons. The van der Waals surface area contributed by atoms with Crippen LogP contribution in [-0.4, -0.2) is 25.2 Å². The minimum absolute atomic E-state index is 0.288. The first-order valence-electron chi connectivity index (χ1n) is 5.27. The average Bonchev–Trinajstić information content (AvgIpc) is 2.72. The molecule has 86 valence electrons. The van der Waals surface area contributed by atoms with Crippen LogP contribution < -0.4 is 0 Å². The van der Waals surface area contributed by atoms with Gasteiger partial charge in [-0.2, -0.15) is 0 Å². The van der Waals surface area contributed by atoms with Crippen molar-refractivity contribution in [2.45, 2.75) is 34.1 Å². The number of hydrogen-bond acceptors (Lipinski definition) is 4. The van der Waals surface area contributed by atoms with Gasteiger partial charge in [-0.05, 0) is 25.7 Å². The molecule has 4 nitrogen and oxygen atoms in total. The topological polar surface area (TPSA) is 52.6 Å². The highest BCUT2D eigenvalue weighted by Crippen LogP contribution is 2.64. The Labute approximate surface area is 89.9 Å². The van der Waals surface area contributed by atoms with Crippen LogP contribution in [0.25, 0.3) is 0 Å². The summed E-state index contributed by atoms with van der Waals surface area (Å²) < 4.78 is 9.86. The van der Waals surface area contributed by atoms with E-state index in [-0.39, 0.29) is 18.6 Å². The Morgan fingerprint density at radius 1 is 1.07 bits per heavy atom. The van der Waals surface area contributed by atoms with Crippen molar-refractivity contribution in [2.24, 2.45) is 10.8 Å². The molecule has 0 bridgehead atoms. The van der Waals surface area contributed by atoms with Gasteiger partial charge in [0.1, 0.15) is 0 Å². The predicted octanol–water partition coefficient (Wildman–Crippen LogP) is 1.53. The van der Waals surface area contributed by atoms with E-state index in [2.05, 4.69) is 0 Å². The zero-order chi connectivity index (χ0) is 11.7. The van der Waals surface area contributed by atoms with Crippen LogP contribution >= 0.6 is 0 Å². The first-order valence-corrected chi connectivity index (χ1v) is 5.27. The van der Waals surface area contributed by atoms with Gasteiger partial charge in [-0.3, -0.25) is 9.59 Å². The van der Waals surface area contributed by atoms with Gasteiger partial charge in [-0.1, -0.05) is 13.8 Å². The van der Waals surface area contributed by atoms with E-state index in [1.807, 2.05) is 13.8 Å². The van der Waals surface area contributed by atoms with Crippen LogP contribution in [0.3, 0.4) is 0 Å². The molecule has 0 heterocycles. The van der Waals surface area contributed by atoms with Crippen LogP contribution in [-0.2, 0) is 19.1 Å². The van der Waals surface area contributed by atoms with E-state index in [1.165, 1.54) is 0 Å². The van der Waals surface area contributed by atoms with Crippen molar-refractivity contribution in [3.05, 3.63) is 0 Å². The lowest BCUT2D eigenvalue weighted by molar-refractivity contribution is -0.166. The lowest BCUT2D eigenvalue weighted by atomic mass is 9.96. The van der Waals surface area contributed by atoms with Gasteiger partial charge in [0.25, 0.3) is 0 Å². The summed E-state index contributed by atoms with van der Waals surface area (Å²) in [6.45, 7) is 7.78. The van der Waals surface area contributed by atoms with Crippen molar-refractivity contribution in [3.63, 3.8) is 0 Å². The molecule has 0 atom stereocenters. The van der Waals surface area contributed by atoms with Gasteiger partial charge in [0, 0.05) is 0 Å². The van der Waals surface area contributed by atoms with Crippen molar-refractivity contribution in [1.82, 2.24) is 0 Å². The van der Waals surface area contributed by atoms with Crippen molar-refractivity contribution in [1.29, 1.82) is 0 Å². The molecule has 0 N–H and O–H groups in total. The highest BCUT2D eigenvalue weighted by molar-refractivity contribution is 6.04. The molecule has 0 spiro atoms. The second-order valence-corrected chi connectivity index (χ2v) is 4.41. The fourth-order valence-corrected chi connectivity index (χ4v) is 1.91. The molecule has 0 aromatic carbocycles. The van der Waals surface area contributed by atoms with Gasteiger partial charge >= 0.3 is 11.9 Å². The van der Waals surface area contributed by atoms with E-state index in [1.54, 1.807) is 13.8 Å². The minimum atomic E-state index is -1.06. The first kappa shape index (κ1) is 12.0. The Bertz CT molecular complexity index is 262. The molecule has 0 aromatic rings. The Hall–Kier alpha value is -1.06.